The van der Waals surface area contributed by atoms with E-state index in [0.717, 1.165) is 18.7 Å². The van der Waals surface area contributed by atoms with Crippen LogP contribution >= 0.6 is 0 Å². The molecule has 0 bridgehead atoms. The predicted octanol–water partition coefficient (Wildman–Crippen LogP) is 1.36. The molecule has 0 atom stereocenters. The molecule has 0 fully saturated rings. The summed E-state index contributed by atoms with van der Waals surface area (Å²) >= 11 is 0. The van der Waals surface area contributed by atoms with Crippen LogP contribution in [0.25, 0.3) is 0 Å². The first-order valence-electron chi connectivity index (χ1n) is 3.76. The molecule has 0 saturated carbocycles. The molecule has 0 aliphatic rings. The van der Waals surface area contributed by atoms with Crippen molar-refractivity contribution in [2.45, 2.75) is 12.2 Å². The van der Waals surface area contributed by atoms with E-state index in [9.17, 15) is 26.7 Å². The molecule has 0 unspecified atom stereocenters. The lowest BCUT2D eigenvalue weighted by Crippen LogP contribution is -2.52. The van der Waals surface area contributed by atoms with Gasteiger partial charge in [-0.1, -0.05) is 0 Å². The van der Waals surface area contributed by atoms with E-state index in [-0.39, 0.29) is 0 Å². The molecule has 1 aromatic rings. The Morgan fingerprint density at radius 1 is 1.12 bits per heavy atom. The van der Waals surface area contributed by atoms with E-state index in [1.165, 1.54) is 0 Å². The number of halogens is 5. The molecule has 0 radical (unpaired) electrons. The van der Waals surface area contributed by atoms with Crippen LogP contribution in [0.5, 0.6) is 0 Å². The molecule has 16 heavy (non-hydrogen) atoms. The van der Waals surface area contributed by atoms with Gasteiger partial charge >= 0.3 is 12.2 Å². The minimum absolute atomic E-state index is 0.494. The van der Waals surface area contributed by atoms with Crippen LogP contribution in [0, 0.1) is 0 Å². The molecular weight excluding hydrogens is 237 g/mol. The molecule has 1 aromatic heterocycles. The molecule has 1 N–H and O–H groups in total. The third kappa shape index (κ3) is 2.61. The highest BCUT2D eigenvalue weighted by Gasteiger charge is 2.58. The summed E-state index contributed by atoms with van der Waals surface area (Å²) in [6, 6.07) is -5.29. The molecular formula is C7H4F5N3O. The van der Waals surface area contributed by atoms with Gasteiger partial charge in [0, 0.05) is 12.4 Å². The summed E-state index contributed by atoms with van der Waals surface area (Å²) in [6.07, 6.45) is -3.22. The van der Waals surface area contributed by atoms with Gasteiger partial charge in [0.15, 0.2) is 0 Å². The van der Waals surface area contributed by atoms with Crippen LogP contribution < -0.4 is 5.32 Å². The van der Waals surface area contributed by atoms with Crippen LogP contribution in [-0.4, -0.2) is 28.1 Å². The molecule has 0 saturated heterocycles. The molecule has 9 heteroatoms. The lowest BCUT2D eigenvalue weighted by molar-refractivity contribution is -0.290. The molecule has 1 amide bonds. The summed E-state index contributed by atoms with van der Waals surface area (Å²) < 4.78 is 59.9. The number of nitrogens with one attached hydrogen (secondary N) is 1. The van der Waals surface area contributed by atoms with Crippen LogP contribution in [0.3, 0.4) is 0 Å². The number of carbonyl (C=O) groups excluding carboxylic acids is 1. The molecule has 1 rings (SSSR count). The van der Waals surface area contributed by atoms with Gasteiger partial charge in [0.05, 0.1) is 5.56 Å². The predicted molar refractivity (Wildman–Crippen MR) is 40.5 cm³/mol. The van der Waals surface area contributed by atoms with E-state index in [4.69, 9.17) is 0 Å². The zero-order valence-electron chi connectivity index (χ0n) is 7.42. The monoisotopic (exact) mass is 241 g/mol. The van der Waals surface area contributed by atoms with Crippen LogP contribution in [-0.2, 0) is 0 Å². The number of hydrogen-bond acceptors (Lipinski definition) is 3. The van der Waals surface area contributed by atoms with Crippen molar-refractivity contribution in [3.63, 3.8) is 0 Å². The number of hydrogen-bond donors (Lipinski definition) is 1. The van der Waals surface area contributed by atoms with Gasteiger partial charge in [-0.2, -0.15) is 22.0 Å². The molecule has 1 heterocycles. The van der Waals surface area contributed by atoms with Crippen molar-refractivity contribution >= 4 is 5.91 Å². The van der Waals surface area contributed by atoms with Crippen molar-refractivity contribution in [2.75, 3.05) is 0 Å². The van der Waals surface area contributed by atoms with Crippen molar-refractivity contribution in [1.82, 2.24) is 15.3 Å². The van der Waals surface area contributed by atoms with Crippen LogP contribution in [0.1, 0.15) is 10.4 Å². The first-order valence-corrected chi connectivity index (χ1v) is 3.76. The molecule has 0 spiro atoms. The Morgan fingerprint density at radius 3 is 2.06 bits per heavy atom. The SMILES string of the molecule is O=C(NC(F)(F)C(F)(F)F)c1cncnc1. The van der Waals surface area contributed by atoms with Crippen molar-refractivity contribution in [3.8, 4) is 0 Å². The zero-order valence-corrected chi connectivity index (χ0v) is 7.42. The Morgan fingerprint density at radius 2 is 1.62 bits per heavy atom. The highest BCUT2D eigenvalue weighted by Crippen LogP contribution is 2.32. The summed E-state index contributed by atoms with van der Waals surface area (Å²) in [4.78, 5) is 17.5. The average molecular weight is 241 g/mol. The van der Waals surface area contributed by atoms with Gasteiger partial charge in [-0.3, -0.25) is 10.1 Å². The summed E-state index contributed by atoms with van der Waals surface area (Å²) in [5, 5.41) is 0.535. The second kappa shape index (κ2) is 3.99. The lowest BCUT2D eigenvalue weighted by Gasteiger charge is -2.20. The maximum Gasteiger partial charge on any atom is 0.475 e. The minimum Gasteiger partial charge on any atom is -0.285 e. The van der Waals surface area contributed by atoms with Crippen molar-refractivity contribution in [1.29, 1.82) is 0 Å². The molecule has 0 aliphatic heterocycles. The summed E-state index contributed by atoms with van der Waals surface area (Å²) in [6.45, 7) is 0. The van der Waals surface area contributed by atoms with Crippen LogP contribution in [0.15, 0.2) is 18.7 Å². The summed E-state index contributed by atoms with van der Waals surface area (Å²) in [5.41, 5.74) is -0.494. The Kier molecular flexibility index (Phi) is 3.06. The second-order valence-corrected chi connectivity index (χ2v) is 2.65. The largest absolute Gasteiger partial charge is 0.475 e. The minimum atomic E-state index is -5.85. The first kappa shape index (κ1) is 12.3. The average Bonchev–Trinajstić information content (AvgIpc) is 2.16. The number of aromatic nitrogens is 2. The highest BCUT2D eigenvalue weighted by molar-refractivity contribution is 5.93. The van der Waals surface area contributed by atoms with Crippen molar-refractivity contribution in [2.24, 2.45) is 0 Å². The van der Waals surface area contributed by atoms with E-state index < -0.39 is 23.7 Å². The first-order chi connectivity index (χ1) is 7.24. The van der Waals surface area contributed by atoms with Crippen LogP contribution in [0.2, 0.25) is 0 Å². The summed E-state index contributed by atoms with van der Waals surface area (Å²) in [5.74, 6) is -1.61. The highest BCUT2D eigenvalue weighted by atomic mass is 19.4. The Hall–Kier alpha value is -1.80. The van der Waals surface area contributed by atoms with Gasteiger partial charge in [0.25, 0.3) is 5.91 Å². The molecule has 88 valence electrons. The zero-order chi connectivity index (χ0) is 12.4. The smallest absolute Gasteiger partial charge is 0.285 e. The number of alkyl halides is 5. The maximum absolute atomic E-state index is 12.4. The Labute approximate surface area is 85.5 Å². The van der Waals surface area contributed by atoms with E-state index in [1.54, 1.807) is 0 Å². The van der Waals surface area contributed by atoms with Crippen molar-refractivity contribution < 1.29 is 26.7 Å². The number of carbonyl (C=O) groups is 1. The van der Waals surface area contributed by atoms with E-state index in [2.05, 4.69) is 9.97 Å². The quantitative estimate of drug-likeness (QED) is 0.628. The third-order valence-corrected chi connectivity index (χ3v) is 1.45. The maximum atomic E-state index is 12.4. The Bertz CT molecular complexity index is 377. The van der Waals surface area contributed by atoms with Gasteiger partial charge < -0.3 is 0 Å². The second-order valence-electron chi connectivity index (χ2n) is 2.65. The van der Waals surface area contributed by atoms with E-state index in [1.807, 2.05) is 0 Å². The van der Waals surface area contributed by atoms with Gasteiger partial charge in [0.2, 0.25) is 0 Å². The lowest BCUT2D eigenvalue weighted by atomic mass is 10.3. The molecule has 0 aliphatic carbocycles. The summed E-state index contributed by atoms with van der Waals surface area (Å²) in [7, 11) is 0. The number of nitrogens with zero attached hydrogens (tertiary/aromatic N) is 2. The topological polar surface area (TPSA) is 54.9 Å². The fourth-order valence-corrected chi connectivity index (χ4v) is 0.702. The normalized spacial score (nSPS) is 12.3. The van der Waals surface area contributed by atoms with E-state index >= 15 is 0 Å². The van der Waals surface area contributed by atoms with Crippen LogP contribution in [0.4, 0.5) is 22.0 Å². The fourth-order valence-electron chi connectivity index (χ4n) is 0.702. The number of amides is 1. The third-order valence-electron chi connectivity index (χ3n) is 1.45. The van der Waals surface area contributed by atoms with Crippen molar-refractivity contribution in [3.05, 3.63) is 24.3 Å². The standard InChI is InChI=1S/C7H4F5N3O/c8-6(9,10)7(11,12)15-5(16)4-1-13-3-14-2-4/h1-3H,(H,15,16). The van der Waals surface area contributed by atoms with Gasteiger partial charge in [-0.15, -0.1) is 0 Å². The van der Waals surface area contributed by atoms with Gasteiger partial charge in [-0.05, 0) is 0 Å². The van der Waals surface area contributed by atoms with Gasteiger partial charge in [-0.25, -0.2) is 9.97 Å². The molecule has 0 aromatic carbocycles. The molecule has 4 nitrogen and oxygen atoms in total. The Balaban J connectivity index is 2.80. The van der Waals surface area contributed by atoms with Gasteiger partial charge in [0.1, 0.15) is 6.33 Å². The fraction of sp³-hybridized carbons (Fsp3) is 0.286. The van der Waals surface area contributed by atoms with E-state index in [0.29, 0.717) is 5.32 Å². The number of rotatable bonds is 2.